The Hall–Kier alpha value is -2.45. The van der Waals surface area contributed by atoms with Crippen molar-refractivity contribution >= 4 is 5.78 Å². The van der Waals surface area contributed by atoms with Crippen molar-refractivity contribution in [2.24, 2.45) is 0 Å². The van der Waals surface area contributed by atoms with Gasteiger partial charge < -0.3 is 4.74 Å². The number of benzene rings is 2. The van der Waals surface area contributed by atoms with Crippen LogP contribution in [-0.4, -0.2) is 11.4 Å². The van der Waals surface area contributed by atoms with E-state index in [2.05, 4.69) is 36.4 Å². The lowest BCUT2D eigenvalue weighted by atomic mass is 9.67. The van der Waals surface area contributed by atoms with Gasteiger partial charge in [-0.2, -0.15) is 0 Å². The Morgan fingerprint density at radius 2 is 1.29 bits per heavy atom. The summed E-state index contributed by atoms with van der Waals surface area (Å²) >= 11 is 0. The van der Waals surface area contributed by atoms with Crippen molar-refractivity contribution in [2.75, 3.05) is 0 Å². The molecule has 0 saturated carbocycles. The van der Waals surface area contributed by atoms with Crippen LogP contribution in [0.3, 0.4) is 0 Å². The molecule has 0 aromatic heterocycles. The summed E-state index contributed by atoms with van der Waals surface area (Å²) in [5.41, 5.74) is 3.42. The van der Waals surface area contributed by atoms with Crippen LogP contribution in [0.15, 0.2) is 84.0 Å². The standard InChI is InChI=1S/C22H20O2/c1-15-13-22(14-16(2)20(15)23)19(17-9-5-3-6-10-17)21(24-22)18-11-7-4-8-12-18/h3-14,19,21H,1-2H3. The first-order valence-electron chi connectivity index (χ1n) is 8.32. The van der Waals surface area contributed by atoms with Crippen LogP contribution in [0.1, 0.15) is 37.0 Å². The minimum absolute atomic E-state index is 0.00472. The summed E-state index contributed by atoms with van der Waals surface area (Å²) in [4.78, 5) is 12.2. The number of rotatable bonds is 2. The third-order valence-electron chi connectivity index (χ3n) is 5.01. The van der Waals surface area contributed by atoms with Crippen molar-refractivity contribution in [2.45, 2.75) is 31.5 Å². The summed E-state index contributed by atoms with van der Waals surface area (Å²) in [5.74, 6) is 0.276. The first-order valence-corrected chi connectivity index (χ1v) is 8.32. The van der Waals surface area contributed by atoms with Gasteiger partial charge in [-0.25, -0.2) is 0 Å². The van der Waals surface area contributed by atoms with Crippen LogP contribution in [0.2, 0.25) is 0 Å². The molecule has 1 saturated heterocycles. The predicted octanol–water partition coefficient (Wildman–Crippen LogP) is 4.76. The summed E-state index contributed by atoms with van der Waals surface area (Å²) in [6.07, 6.45) is 3.99. The van der Waals surface area contributed by atoms with Crippen LogP contribution in [0.4, 0.5) is 0 Å². The number of ketones is 1. The van der Waals surface area contributed by atoms with Crippen molar-refractivity contribution in [3.05, 3.63) is 95.1 Å². The van der Waals surface area contributed by atoms with Crippen LogP contribution in [0, 0.1) is 0 Å². The number of carbonyl (C=O) groups excluding carboxylic acids is 1. The number of hydrogen-bond acceptors (Lipinski definition) is 2. The summed E-state index contributed by atoms with van der Waals surface area (Å²) in [5, 5.41) is 0. The maximum atomic E-state index is 12.2. The largest absolute Gasteiger partial charge is 0.357 e. The monoisotopic (exact) mass is 316 g/mol. The van der Waals surface area contributed by atoms with E-state index in [-0.39, 0.29) is 17.8 Å². The Balaban J connectivity index is 1.81. The van der Waals surface area contributed by atoms with Crippen molar-refractivity contribution in [1.29, 1.82) is 0 Å². The third kappa shape index (κ3) is 2.26. The lowest BCUT2D eigenvalue weighted by Gasteiger charge is -2.54. The Morgan fingerprint density at radius 3 is 1.83 bits per heavy atom. The maximum absolute atomic E-state index is 12.2. The van der Waals surface area contributed by atoms with Crippen molar-refractivity contribution < 1.29 is 9.53 Å². The van der Waals surface area contributed by atoms with Crippen molar-refractivity contribution in [3.63, 3.8) is 0 Å². The molecule has 0 N–H and O–H groups in total. The highest BCUT2D eigenvalue weighted by Crippen LogP contribution is 2.57. The molecule has 1 aliphatic carbocycles. The molecule has 24 heavy (non-hydrogen) atoms. The molecular formula is C22H20O2. The number of carbonyl (C=O) groups is 1. The van der Waals surface area contributed by atoms with Crippen LogP contribution >= 0.6 is 0 Å². The molecule has 1 heterocycles. The zero-order chi connectivity index (χ0) is 16.7. The van der Waals surface area contributed by atoms with Gasteiger partial charge in [-0.3, -0.25) is 4.79 Å². The quantitative estimate of drug-likeness (QED) is 0.799. The Morgan fingerprint density at radius 1 is 0.792 bits per heavy atom. The number of allylic oxidation sites excluding steroid dienone is 2. The van der Waals surface area contributed by atoms with E-state index in [4.69, 9.17) is 4.74 Å². The molecule has 4 rings (SSSR count). The zero-order valence-corrected chi connectivity index (χ0v) is 13.9. The molecule has 1 fully saturated rings. The van der Waals surface area contributed by atoms with E-state index in [1.54, 1.807) is 0 Å². The van der Waals surface area contributed by atoms with E-state index < -0.39 is 5.60 Å². The van der Waals surface area contributed by atoms with Crippen molar-refractivity contribution in [1.82, 2.24) is 0 Å². The normalized spacial score (nSPS) is 25.0. The number of ether oxygens (including phenoxy) is 1. The third-order valence-corrected chi connectivity index (χ3v) is 5.01. The van der Waals surface area contributed by atoms with Gasteiger partial charge >= 0.3 is 0 Å². The van der Waals surface area contributed by atoms with Gasteiger partial charge in [0.2, 0.25) is 0 Å². The fourth-order valence-corrected chi connectivity index (χ4v) is 3.93. The molecule has 2 unspecified atom stereocenters. The lowest BCUT2D eigenvalue weighted by Crippen LogP contribution is -2.52. The second kappa shape index (κ2) is 5.57. The fourth-order valence-electron chi connectivity index (χ4n) is 3.93. The van der Waals surface area contributed by atoms with E-state index >= 15 is 0 Å². The van der Waals surface area contributed by atoms with Gasteiger partial charge in [0, 0.05) is 0 Å². The van der Waals surface area contributed by atoms with Crippen LogP contribution in [0.5, 0.6) is 0 Å². The van der Waals surface area contributed by atoms with Gasteiger partial charge in [-0.05, 0) is 48.3 Å². The van der Waals surface area contributed by atoms with E-state index in [0.29, 0.717) is 0 Å². The number of Topliss-reactive ketones (excluding diaryl/α,β-unsaturated/α-hetero) is 1. The first-order chi connectivity index (χ1) is 11.6. The molecule has 2 aromatic carbocycles. The average molecular weight is 316 g/mol. The highest BCUT2D eigenvalue weighted by Gasteiger charge is 2.55. The molecule has 2 aromatic rings. The van der Waals surface area contributed by atoms with Gasteiger partial charge in [0.15, 0.2) is 5.78 Å². The number of hydrogen-bond donors (Lipinski definition) is 0. The molecule has 0 radical (unpaired) electrons. The van der Waals surface area contributed by atoms with E-state index in [1.165, 1.54) is 11.1 Å². The molecule has 1 spiro atoms. The molecule has 0 bridgehead atoms. The van der Waals surface area contributed by atoms with Gasteiger partial charge in [0.05, 0.1) is 12.0 Å². The van der Waals surface area contributed by atoms with E-state index in [0.717, 1.165) is 11.1 Å². The molecule has 2 aliphatic rings. The lowest BCUT2D eigenvalue weighted by molar-refractivity contribution is -0.178. The second-order valence-corrected chi connectivity index (χ2v) is 6.67. The minimum Gasteiger partial charge on any atom is -0.357 e. The SMILES string of the molecule is CC1=CC2(C=C(C)C1=O)OC(c1ccccc1)C2c1ccccc1. The van der Waals surface area contributed by atoms with E-state index in [9.17, 15) is 4.79 Å². The van der Waals surface area contributed by atoms with Crippen LogP contribution < -0.4 is 0 Å². The molecular weight excluding hydrogens is 296 g/mol. The summed E-state index contributed by atoms with van der Waals surface area (Å²) < 4.78 is 6.40. The maximum Gasteiger partial charge on any atom is 0.184 e. The fraction of sp³-hybridized carbons (Fsp3) is 0.227. The highest BCUT2D eigenvalue weighted by molar-refractivity contribution is 6.08. The molecule has 0 amide bonds. The summed E-state index contributed by atoms with van der Waals surface area (Å²) in [7, 11) is 0. The van der Waals surface area contributed by atoms with Gasteiger partial charge in [0.1, 0.15) is 5.60 Å². The van der Waals surface area contributed by atoms with Crippen LogP contribution in [0.25, 0.3) is 0 Å². The Kier molecular flexibility index (Phi) is 3.50. The summed E-state index contributed by atoms with van der Waals surface area (Å²) in [6, 6.07) is 20.7. The summed E-state index contributed by atoms with van der Waals surface area (Å²) in [6.45, 7) is 3.75. The first kappa shape index (κ1) is 15.1. The molecule has 2 nitrogen and oxygen atoms in total. The second-order valence-electron chi connectivity index (χ2n) is 6.67. The molecule has 2 heteroatoms. The molecule has 120 valence electrons. The van der Waals surface area contributed by atoms with Gasteiger partial charge in [-0.1, -0.05) is 60.7 Å². The zero-order valence-electron chi connectivity index (χ0n) is 13.9. The minimum atomic E-state index is -0.524. The van der Waals surface area contributed by atoms with Crippen molar-refractivity contribution in [3.8, 4) is 0 Å². The average Bonchev–Trinajstić information content (AvgIpc) is 2.59. The van der Waals surface area contributed by atoms with Gasteiger partial charge in [-0.15, -0.1) is 0 Å². The Bertz CT molecular complexity index is 809. The molecule has 1 aliphatic heterocycles. The Labute approximate surface area is 142 Å². The smallest absolute Gasteiger partial charge is 0.184 e. The predicted molar refractivity (Wildman–Crippen MR) is 94.7 cm³/mol. The van der Waals surface area contributed by atoms with Crippen LogP contribution in [-0.2, 0) is 9.53 Å². The molecule has 2 atom stereocenters. The van der Waals surface area contributed by atoms with Gasteiger partial charge in [0.25, 0.3) is 0 Å². The highest BCUT2D eigenvalue weighted by atomic mass is 16.5. The topological polar surface area (TPSA) is 26.3 Å². The van der Waals surface area contributed by atoms with E-state index in [1.807, 2.05) is 50.3 Å².